The molecule has 0 radical (unpaired) electrons. The lowest BCUT2D eigenvalue weighted by atomic mass is 10.1. The van der Waals surface area contributed by atoms with Gasteiger partial charge in [-0.05, 0) is 31.2 Å². The Kier molecular flexibility index (Phi) is 4.07. The Labute approximate surface area is 106 Å². The van der Waals surface area contributed by atoms with Gasteiger partial charge in [-0.3, -0.25) is 9.78 Å². The number of Topliss-reactive ketones (excluding diaryl/α,β-unsaturated/α-hetero) is 1. The average molecular weight is 241 g/mol. The second kappa shape index (κ2) is 5.96. The molecule has 3 nitrogen and oxygen atoms in total. The third-order valence-electron chi connectivity index (χ3n) is 2.53. The van der Waals surface area contributed by atoms with E-state index in [1.54, 1.807) is 18.3 Å². The van der Waals surface area contributed by atoms with Gasteiger partial charge in [0.25, 0.3) is 0 Å². The van der Waals surface area contributed by atoms with Gasteiger partial charge < -0.3 is 4.74 Å². The molecule has 0 aliphatic rings. The topological polar surface area (TPSA) is 39.2 Å². The largest absolute Gasteiger partial charge is 0.494 e. The van der Waals surface area contributed by atoms with E-state index >= 15 is 0 Å². The molecular formula is C15H15NO2. The predicted molar refractivity (Wildman–Crippen MR) is 69.9 cm³/mol. The van der Waals surface area contributed by atoms with E-state index in [1.165, 1.54) is 0 Å². The van der Waals surface area contributed by atoms with Crippen molar-refractivity contribution in [2.24, 2.45) is 0 Å². The summed E-state index contributed by atoms with van der Waals surface area (Å²) in [5.41, 5.74) is 1.44. The first-order valence-electron chi connectivity index (χ1n) is 5.95. The van der Waals surface area contributed by atoms with Crippen molar-refractivity contribution >= 4 is 5.78 Å². The number of benzene rings is 1. The molecule has 1 aromatic heterocycles. The van der Waals surface area contributed by atoms with Gasteiger partial charge in [-0.25, -0.2) is 0 Å². The Morgan fingerprint density at radius 2 is 2.11 bits per heavy atom. The zero-order valence-electron chi connectivity index (χ0n) is 10.3. The van der Waals surface area contributed by atoms with Crippen molar-refractivity contribution in [3.05, 3.63) is 59.9 Å². The summed E-state index contributed by atoms with van der Waals surface area (Å²) >= 11 is 0. The number of nitrogens with zero attached hydrogens (tertiary/aromatic N) is 1. The van der Waals surface area contributed by atoms with Crippen LogP contribution in [0.4, 0.5) is 0 Å². The van der Waals surface area contributed by atoms with E-state index in [9.17, 15) is 4.79 Å². The molecule has 18 heavy (non-hydrogen) atoms. The molecule has 0 fully saturated rings. The van der Waals surface area contributed by atoms with Crippen LogP contribution in [0.5, 0.6) is 5.75 Å². The lowest BCUT2D eigenvalue weighted by Gasteiger charge is -2.05. The van der Waals surface area contributed by atoms with Crippen LogP contribution < -0.4 is 4.74 Å². The molecule has 2 aromatic rings. The normalized spacial score (nSPS) is 10.1. The molecule has 92 valence electrons. The lowest BCUT2D eigenvalue weighted by Crippen LogP contribution is -2.05. The lowest BCUT2D eigenvalue weighted by molar-refractivity contribution is 0.0991. The first-order valence-corrected chi connectivity index (χ1v) is 5.95. The molecule has 2 rings (SSSR count). The molecule has 0 spiro atoms. The average Bonchev–Trinajstić information content (AvgIpc) is 2.40. The molecule has 0 aliphatic carbocycles. The molecule has 1 aromatic carbocycles. The van der Waals surface area contributed by atoms with Gasteiger partial charge in [-0.15, -0.1) is 0 Å². The minimum absolute atomic E-state index is 0.0512. The van der Waals surface area contributed by atoms with Crippen LogP contribution in [0.2, 0.25) is 0 Å². The van der Waals surface area contributed by atoms with Gasteiger partial charge in [0.1, 0.15) is 5.75 Å². The number of ether oxygens (including phenoxy) is 1. The molecule has 0 bridgehead atoms. The van der Waals surface area contributed by atoms with Crippen LogP contribution >= 0.6 is 0 Å². The smallest absolute Gasteiger partial charge is 0.168 e. The molecule has 0 saturated heterocycles. The quantitative estimate of drug-likeness (QED) is 0.755. The van der Waals surface area contributed by atoms with Gasteiger partial charge in [0.15, 0.2) is 5.78 Å². The van der Waals surface area contributed by atoms with Crippen molar-refractivity contribution in [2.45, 2.75) is 13.3 Å². The van der Waals surface area contributed by atoms with Gasteiger partial charge in [0, 0.05) is 17.5 Å². The van der Waals surface area contributed by atoms with Gasteiger partial charge in [-0.1, -0.05) is 18.2 Å². The molecular weight excluding hydrogens is 226 g/mol. The third-order valence-corrected chi connectivity index (χ3v) is 2.53. The third kappa shape index (κ3) is 3.17. The number of carbonyl (C=O) groups excluding carboxylic acids is 1. The number of hydrogen-bond donors (Lipinski definition) is 0. The summed E-state index contributed by atoms with van der Waals surface area (Å²) < 4.78 is 5.38. The summed E-state index contributed by atoms with van der Waals surface area (Å²) in [6, 6.07) is 12.8. The summed E-state index contributed by atoms with van der Waals surface area (Å²) in [6.45, 7) is 2.51. The second-order valence-electron chi connectivity index (χ2n) is 3.88. The Morgan fingerprint density at radius 3 is 2.83 bits per heavy atom. The van der Waals surface area contributed by atoms with Crippen molar-refractivity contribution in [3.8, 4) is 5.75 Å². The summed E-state index contributed by atoms with van der Waals surface area (Å²) in [6.07, 6.45) is 2.01. The molecule has 0 saturated carbocycles. The van der Waals surface area contributed by atoms with Crippen LogP contribution in [0.3, 0.4) is 0 Å². The Hall–Kier alpha value is -2.16. The van der Waals surface area contributed by atoms with E-state index in [0.29, 0.717) is 18.6 Å². The SMILES string of the molecule is CCOc1cccc(C(=O)Cc2ccccn2)c1. The van der Waals surface area contributed by atoms with Gasteiger partial charge >= 0.3 is 0 Å². The van der Waals surface area contributed by atoms with Crippen molar-refractivity contribution in [2.75, 3.05) is 6.61 Å². The fourth-order valence-corrected chi connectivity index (χ4v) is 1.70. The Balaban J connectivity index is 2.11. The minimum Gasteiger partial charge on any atom is -0.494 e. The van der Waals surface area contributed by atoms with Crippen LogP contribution in [0.25, 0.3) is 0 Å². The number of ketones is 1. The minimum atomic E-state index is 0.0512. The maximum absolute atomic E-state index is 12.1. The van der Waals surface area contributed by atoms with E-state index < -0.39 is 0 Å². The zero-order chi connectivity index (χ0) is 12.8. The van der Waals surface area contributed by atoms with E-state index in [2.05, 4.69) is 4.98 Å². The second-order valence-corrected chi connectivity index (χ2v) is 3.88. The molecule has 0 atom stereocenters. The highest BCUT2D eigenvalue weighted by Crippen LogP contribution is 2.15. The van der Waals surface area contributed by atoms with Crippen LogP contribution in [0.15, 0.2) is 48.7 Å². The van der Waals surface area contributed by atoms with Crippen molar-refractivity contribution in [1.29, 1.82) is 0 Å². The summed E-state index contributed by atoms with van der Waals surface area (Å²) in [5, 5.41) is 0. The monoisotopic (exact) mass is 241 g/mol. The van der Waals surface area contributed by atoms with Crippen LogP contribution in [-0.4, -0.2) is 17.4 Å². The fraction of sp³-hybridized carbons (Fsp3) is 0.200. The number of aromatic nitrogens is 1. The Bertz CT molecular complexity index is 523. The van der Waals surface area contributed by atoms with E-state index in [-0.39, 0.29) is 5.78 Å². The molecule has 3 heteroatoms. The van der Waals surface area contributed by atoms with Gasteiger partial charge in [-0.2, -0.15) is 0 Å². The first kappa shape index (κ1) is 12.3. The van der Waals surface area contributed by atoms with E-state index in [0.717, 1.165) is 11.4 Å². The summed E-state index contributed by atoms with van der Waals surface area (Å²) in [5.74, 6) is 0.777. The Morgan fingerprint density at radius 1 is 1.22 bits per heavy atom. The maximum Gasteiger partial charge on any atom is 0.168 e. The summed E-state index contributed by atoms with van der Waals surface area (Å²) in [4.78, 5) is 16.2. The molecule has 1 heterocycles. The van der Waals surface area contributed by atoms with Crippen LogP contribution in [0.1, 0.15) is 23.0 Å². The van der Waals surface area contributed by atoms with Gasteiger partial charge in [0.05, 0.1) is 13.0 Å². The predicted octanol–water partition coefficient (Wildman–Crippen LogP) is 2.91. The number of carbonyl (C=O) groups is 1. The number of hydrogen-bond acceptors (Lipinski definition) is 3. The molecule has 0 N–H and O–H groups in total. The number of pyridine rings is 1. The fourth-order valence-electron chi connectivity index (χ4n) is 1.70. The number of rotatable bonds is 5. The van der Waals surface area contributed by atoms with Crippen molar-refractivity contribution in [1.82, 2.24) is 4.98 Å². The molecule has 0 aliphatic heterocycles. The van der Waals surface area contributed by atoms with E-state index in [1.807, 2.05) is 37.3 Å². The standard InChI is InChI=1S/C15H15NO2/c1-2-18-14-8-5-6-12(10-14)15(17)11-13-7-3-4-9-16-13/h3-10H,2,11H2,1H3. The maximum atomic E-state index is 12.1. The molecule has 0 unspecified atom stereocenters. The van der Waals surface area contributed by atoms with E-state index in [4.69, 9.17) is 4.74 Å². The zero-order valence-corrected chi connectivity index (χ0v) is 10.3. The van der Waals surface area contributed by atoms with Gasteiger partial charge in [0.2, 0.25) is 0 Å². The molecule has 0 amide bonds. The van der Waals surface area contributed by atoms with Crippen molar-refractivity contribution in [3.63, 3.8) is 0 Å². The summed E-state index contributed by atoms with van der Waals surface area (Å²) in [7, 11) is 0. The first-order chi connectivity index (χ1) is 8.79. The van der Waals surface area contributed by atoms with Crippen molar-refractivity contribution < 1.29 is 9.53 Å². The van der Waals surface area contributed by atoms with Crippen LogP contribution in [-0.2, 0) is 6.42 Å². The highest BCUT2D eigenvalue weighted by molar-refractivity contribution is 5.97. The highest BCUT2D eigenvalue weighted by atomic mass is 16.5. The van der Waals surface area contributed by atoms with Crippen LogP contribution in [0, 0.1) is 0 Å². The highest BCUT2D eigenvalue weighted by Gasteiger charge is 2.08.